The Hall–Kier alpha value is -4.54. The van der Waals surface area contributed by atoms with E-state index in [2.05, 4.69) is 15.9 Å². The lowest BCUT2D eigenvalue weighted by Gasteiger charge is -2.50. The number of allylic oxidation sites excluding steroid dienone is 2. The highest BCUT2D eigenvalue weighted by molar-refractivity contribution is 9.10. The molecular formula is C34H20BrCl2F5N2O8. The van der Waals surface area contributed by atoms with Gasteiger partial charge in [-0.15, -0.1) is 23.2 Å². The van der Waals surface area contributed by atoms with Gasteiger partial charge in [0.1, 0.15) is 5.69 Å². The number of carboxylic acid groups (broad SMARTS) is 1. The van der Waals surface area contributed by atoms with Crippen molar-refractivity contribution < 1.29 is 60.9 Å². The Balaban J connectivity index is 1.45. The van der Waals surface area contributed by atoms with Crippen LogP contribution in [0, 0.1) is 46.8 Å². The minimum absolute atomic E-state index is 0.0792. The zero-order chi connectivity index (χ0) is 37.9. The Morgan fingerprint density at radius 1 is 0.904 bits per heavy atom. The van der Waals surface area contributed by atoms with Gasteiger partial charge in [-0.1, -0.05) is 33.6 Å². The van der Waals surface area contributed by atoms with Gasteiger partial charge >= 0.3 is 5.97 Å². The number of fused-ring (bicyclic) bond motifs is 4. The van der Waals surface area contributed by atoms with Crippen LogP contribution in [0.3, 0.4) is 0 Å². The van der Waals surface area contributed by atoms with E-state index in [-0.39, 0.29) is 43.9 Å². The molecule has 0 spiro atoms. The van der Waals surface area contributed by atoms with Gasteiger partial charge in [0.05, 0.1) is 30.2 Å². The fraction of sp³-hybridized carbons (Fsp3) is 0.265. The summed E-state index contributed by atoms with van der Waals surface area (Å²) in [5, 5.41) is 20.9. The smallest absolute Gasteiger partial charge is 0.335 e. The number of anilines is 2. The summed E-state index contributed by atoms with van der Waals surface area (Å²) in [7, 11) is 1.19. The predicted octanol–water partition coefficient (Wildman–Crippen LogP) is 6.33. The number of carbonyl (C=O) groups is 5. The number of carboxylic acids is 1. The summed E-state index contributed by atoms with van der Waals surface area (Å²) in [5.41, 5.74) is -2.42. The van der Waals surface area contributed by atoms with E-state index in [4.69, 9.17) is 27.9 Å². The molecule has 4 amide bonds. The molecule has 3 aromatic carbocycles. The average Bonchev–Trinajstić information content (AvgIpc) is 3.45. The fourth-order valence-electron chi connectivity index (χ4n) is 7.91. The Morgan fingerprint density at radius 3 is 2.15 bits per heavy atom. The molecule has 18 heteroatoms. The van der Waals surface area contributed by atoms with Crippen molar-refractivity contribution in [2.24, 2.45) is 17.8 Å². The van der Waals surface area contributed by atoms with Crippen LogP contribution in [0.2, 0.25) is 0 Å². The summed E-state index contributed by atoms with van der Waals surface area (Å²) >= 11 is 17.5. The summed E-state index contributed by atoms with van der Waals surface area (Å²) in [5.74, 6) is -25.2. The van der Waals surface area contributed by atoms with Gasteiger partial charge in [0.25, 0.3) is 11.8 Å². The van der Waals surface area contributed by atoms with Crippen molar-refractivity contribution >= 4 is 80.1 Å². The molecule has 1 saturated carbocycles. The van der Waals surface area contributed by atoms with E-state index >= 15 is 8.78 Å². The zero-order valence-electron chi connectivity index (χ0n) is 26.0. The highest BCUT2D eigenvalue weighted by atomic mass is 79.9. The molecule has 2 aliphatic heterocycles. The van der Waals surface area contributed by atoms with Crippen LogP contribution in [0.15, 0.2) is 52.5 Å². The normalized spacial score (nSPS) is 28.1. The molecule has 2 heterocycles. The number of benzene rings is 3. The second-order valence-corrected chi connectivity index (χ2v) is 14.8. The fourth-order valence-corrected chi connectivity index (χ4v) is 9.30. The number of halogens is 8. The number of hydrogen-bond donors (Lipinski definition) is 2. The van der Waals surface area contributed by atoms with E-state index in [1.165, 1.54) is 43.5 Å². The second kappa shape index (κ2) is 12.0. The number of nitrogens with zero attached hydrogens (tertiary/aromatic N) is 2. The maximum absolute atomic E-state index is 15.3. The molecule has 2 N–H and O–H groups in total. The number of aromatic hydroxyl groups is 1. The Labute approximate surface area is 307 Å². The topological polar surface area (TPSA) is 142 Å². The van der Waals surface area contributed by atoms with Gasteiger partial charge in [-0.2, -0.15) is 0 Å². The largest absolute Gasteiger partial charge is 0.504 e. The molecule has 3 fully saturated rings. The van der Waals surface area contributed by atoms with E-state index in [1.807, 2.05) is 0 Å². The van der Waals surface area contributed by atoms with Crippen molar-refractivity contribution in [2.75, 3.05) is 16.9 Å². The quantitative estimate of drug-likeness (QED) is 0.0760. The third-order valence-electron chi connectivity index (χ3n) is 10.2. The van der Waals surface area contributed by atoms with Crippen LogP contribution in [0.1, 0.15) is 34.7 Å². The average molecular weight is 830 g/mol. The molecule has 52 heavy (non-hydrogen) atoms. The maximum Gasteiger partial charge on any atom is 0.335 e. The highest BCUT2D eigenvalue weighted by Crippen LogP contribution is 2.67. The minimum atomic E-state index is -2.87. The van der Waals surface area contributed by atoms with Gasteiger partial charge in [0, 0.05) is 16.0 Å². The van der Waals surface area contributed by atoms with E-state index in [9.17, 15) is 47.4 Å². The van der Waals surface area contributed by atoms with Crippen LogP contribution in [0.5, 0.6) is 11.5 Å². The first-order chi connectivity index (χ1) is 24.4. The third-order valence-corrected chi connectivity index (χ3v) is 12.0. The molecule has 4 aliphatic rings. The number of imide groups is 2. The zero-order valence-corrected chi connectivity index (χ0v) is 29.1. The standard InChI is InChI=1S/C34H20BrCl2F5N2O8/c1-52-18-9-12(35)8-16(27(18)45)20-14-5-6-15-19(29(47)43(28(15)46)13-4-2-3-11(7-13)30(48)49)17(14)10-33(36)31(50)44(32(51)34(20,33)37)26-24(41)22(39)21(38)23(40)25(26)42/h2-5,7-9,15,17,19-20,45H,6,10H2,1H3,(H,48,49). The molecular weight excluding hydrogens is 810 g/mol. The Morgan fingerprint density at radius 2 is 1.54 bits per heavy atom. The lowest BCUT2D eigenvalue weighted by atomic mass is 9.56. The molecule has 3 aromatic rings. The Kier molecular flexibility index (Phi) is 8.27. The second-order valence-electron chi connectivity index (χ2n) is 12.6. The Bertz CT molecular complexity index is 2210. The minimum Gasteiger partial charge on any atom is -0.504 e. The molecule has 6 unspecified atom stereocenters. The first-order valence-electron chi connectivity index (χ1n) is 15.2. The van der Waals surface area contributed by atoms with Crippen LogP contribution < -0.4 is 14.5 Å². The third kappa shape index (κ3) is 4.55. The lowest BCUT2D eigenvalue weighted by molar-refractivity contribution is -0.125. The molecule has 0 aromatic heterocycles. The van der Waals surface area contributed by atoms with Crippen molar-refractivity contribution in [2.45, 2.75) is 28.5 Å². The van der Waals surface area contributed by atoms with Crippen molar-refractivity contribution in [1.29, 1.82) is 0 Å². The van der Waals surface area contributed by atoms with Gasteiger partial charge in [-0.3, -0.25) is 24.1 Å². The summed E-state index contributed by atoms with van der Waals surface area (Å²) in [4.78, 5) is 63.3. The first-order valence-corrected chi connectivity index (χ1v) is 16.7. The summed E-state index contributed by atoms with van der Waals surface area (Å²) in [6.07, 6.45) is 0.501. The summed E-state index contributed by atoms with van der Waals surface area (Å²) < 4.78 is 79.0. The number of phenolic OH excluding ortho intramolecular Hbond substituents is 1. The van der Waals surface area contributed by atoms with Crippen LogP contribution >= 0.6 is 39.1 Å². The SMILES string of the molecule is COc1cc(Br)cc(C2C3=CCC4C(=O)N(c5cccc(C(=O)O)c5)C(=O)C4C3CC3(Cl)C(=O)N(c4c(F)c(F)c(F)c(F)c4F)C(=O)C23Cl)c1O. The highest BCUT2D eigenvalue weighted by Gasteiger charge is 2.77. The number of hydrogen-bond acceptors (Lipinski definition) is 7. The van der Waals surface area contributed by atoms with Crippen molar-refractivity contribution in [1.82, 2.24) is 0 Å². The van der Waals surface area contributed by atoms with Crippen LogP contribution in [-0.2, 0) is 19.2 Å². The van der Waals surface area contributed by atoms with E-state index < -0.39 is 110 Å². The van der Waals surface area contributed by atoms with Gasteiger partial charge in [0.15, 0.2) is 44.5 Å². The first kappa shape index (κ1) is 35.8. The number of phenols is 1. The number of amides is 4. The van der Waals surface area contributed by atoms with Crippen LogP contribution in [-0.4, -0.2) is 56.7 Å². The molecule has 270 valence electrons. The summed E-state index contributed by atoms with van der Waals surface area (Å²) in [6, 6.07) is 7.58. The van der Waals surface area contributed by atoms with Crippen molar-refractivity contribution in [3.8, 4) is 11.5 Å². The number of alkyl halides is 2. The van der Waals surface area contributed by atoms with E-state index in [0.29, 0.717) is 0 Å². The van der Waals surface area contributed by atoms with Gasteiger partial charge < -0.3 is 14.9 Å². The monoisotopic (exact) mass is 828 g/mol. The molecule has 6 atom stereocenters. The number of rotatable bonds is 5. The molecule has 2 saturated heterocycles. The number of aromatic carboxylic acids is 1. The van der Waals surface area contributed by atoms with Gasteiger partial charge in [0.2, 0.25) is 17.6 Å². The number of carbonyl (C=O) groups excluding carboxylic acids is 4. The van der Waals surface area contributed by atoms with E-state index in [1.54, 1.807) is 0 Å². The van der Waals surface area contributed by atoms with Gasteiger partial charge in [-0.05, 0) is 49.1 Å². The maximum atomic E-state index is 15.3. The van der Waals surface area contributed by atoms with Crippen LogP contribution in [0.4, 0.5) is 33.3 Å². The number of ether oxygens (including phenoxy) is 1. The van der Waals surface area contributed by atoms with E-state index in [0.717, 1.165) is 11.0 Å². The van der Waals surface area contributed by atoms with Gasteiger partial charge in [-0.25, -0.2) is 31.6 Å². The van der Waals surface area contributed by atoms with Crippen LogP contribution in [0.25, 0.3) is 0 Å². The predicted molar refractivity (Wildman–Crippen MR) is 175 cm³/mol. The summed E-state index contributed by atoms with van der Waals surface area (Å²) in [6.45, 7) is 0. The molecule has 0 radical (unpaired) electrons. The molecule has 2 aliphatic carbocycles. The van der Waals surface area contributed by atoms with Crippen molar-refractivity contribution in [3.05, 3.63) is 92.7 Å². The number of methoxy groups -OCH3 is 1. The lowest BCUT2D eigenvalue weighted by Crippen LogP contribution is -2.60. The molecule has 7 rings (SSSR count). The molecule has 10 nitrogen and oxygen atoms in total. The van der Waals surface area contributed by atoms with Crippen molar-refractivity contribution in [3.63, 3.8) is 0 Å². The molecule has 0 bridgehead atoms.